The number of rotatable bonds is 6. The molecule has 11 heteroatoms. The fourth-order valence-electron chi connectivity index (χ4n) is 3.53. The van der Waals surface area contributed by atoms with E-state index in [9.17, 15) is 22.8 Å². The van der Waals surface area contributed by atoms with E-state index in [0.29, 0.717) is 11.4 Å². The Labute approximate surface area is 224 Å². The summed E-state index contributed by atoms with van der Waals surface area (Å²) in [5.41, 5.74) is 0.495. The summed E-state index contributed by atoms with van der Waals surface area (Å²) in [4.78, 5) is 32.0. The number of nitrogens with zero attached hydrogens (tertiary/aromatic N) is 2. The molecule has 1 fully saturated rings. The average Bonchev–Trinajstić information content (AvgIpc) is 2.87. The number of anilines is 1. The lowest BCUT2D eigenvalue weighted by Crippen LogP contribution is -2.44. The number of amides is 2. The second-order valence-corrected chi connectivity index (χ2v) is 10.2. The molecule has 1 unspecified atom stereocenters. The lowest BCUT2D eigenvalue weighted by Gasteiger charge is -2.32. The van der Waals surface area contributed by atoms with Crippen LogP contribution in [0.2, 0.25) is 0 Å². The lowest BCUT2D eigenvalue weighted by atomic mass is 10.2. The topological polar surface area (TPSA) is 71.0 Å². The molecule has 0 saturated carbocycles. The van der Waals surface area contributed by atoms with Crippen LogP contribution in [0.3, 0.4) is 0 Å². The highest BCUT2D eigenvalue weighted by atomic mass is 79.9. The van der Waals surface area contributed by atoms with Crippen LogP contribution in [-0.2, 0) is 22.3 Å². The average molecular weight is 592 g/mol. The molecule has 0 bridgehead atoms. The Bertz CT molecular complexity index is 1320. The zero-order valence-electron chi connectivity index (χ0n) is 19.5. The van der Waals surface area contributed by atoms with Crippen molar-refractivity contribution in [2.75, 3.05) is 12.4 Å². The zero-order chi connectivity index (χ0) is 26.6. The van der Waals surface area contributed by atoms with Crippen molar-refractivity contribution < 1.29 is 27.5 Å². The number of alkyl halides is 3. The first kappa shape index (κ1) is 26.7. The number of amidine groups is 1. The summed E-state index contributed by atoms with van der Waals surface area (Å²) < 4.78 is 45.8. The fourth-order valence-corrected chi connectivity index (χ4v) is 4.89. The van der Waals surface area contributed by atoms with Crippen molar-refractivity contribution in [1.82, 2.24) is 4.90 Å². The Morgan fingerprint density at radius 1 is 1.14 bits per heavy atom. The van der Waals surface area contributed by atoms with Gasteiger partial charge in [-0.25, -0.2) is 4.99 Å². The van der Waals surface area contributed by atoms with Gasteiger partial charge in [-0.15, -0.1) is 0 Å². The van der Waals surface area contributed by atoms with E-state index >= 15 is 0 Å². The number of methoxy groups -OCH3 is 1. The van der Waals surface area contributed by atoms with E-state index in [0.717, 1.165) is 33.9 Å². The molecule has 0 radical (unpaired) electrons. The summed E-state index contributed by atoms with van der Waals surface area (Å²) in [6.45, 7) is 0.134. The Hall–Kier alpha value is -3.31. The molecule has 1 aliphatic heterocycles. The van der Waals surface area contributed by atoms with Gasteiger partial charge in [0.1, 0.15) is 11.0 Å². The second-order valence-electron chi connectivity index (χ2n) is 8.08. The molecule has 192 valence electrons. The minimum atomic E-state index is -4.54. The Kier molecular flexibility index (Phi) is 8.23. The van der Waals surface area contributed by atoms with Gasteiger partial charge in [-0.3, -0.25) is 14.5 Å². The second kappa shape index (κ2) is 11.4. The molecule has 37 heavy (non-hydrogen) atoms. The van der Waals surface area contributed by atoms with Gasteiger partial charge in [0.25, 0.3) is 0 Å². The Balaban J connectivity index is 1.63. The molecule has 3 aromatic rings. The quantitative estimate of drug-likeness (QED) is 0.349. The minimum absolute atomic E-state index is 0.0267. The van der Waals surface area contributed by atoms with Crippen LogP contribution in [0, 0.1) is 0 Å². The summed E-state index contributed by atoms with van der Waals surface area (Å²) in [6.07, 6.45) is -4.63. The summed E-state index contributed by atoms with van der Waals surface area (Å²) in [6, 6.07) is 18.6. The van der Waals surface area contributed by atoms with Gasteiger partial charge in [-0.1, -0.05) is 45.9 Å². The number of aliphatic imine (C=N–C) groups is 1. The Morgan fingerprint density at radius 3 is 2.49 bits per heavy atom. The third-order valence-electron chi connectivity index (χ3n) is 5.44. The van der Waals surface area contributed by atoms with Crippen molar-refractivity contribution in [1.29, 1.82) is 0 Å². The molecule has 2 amide bonds. The largest absolute Gasteiger partial charge is 0.497 e. The molecule has 1 aliphatic rings. The van der Waals surface area contributed by atoms with Crippen molar-refractivity contribution in [3.63, 3.8) is 0 Å². The molecular weight excluding hydrogens is 571 g/mol. The number of hydrogen-bond donors (Lipinski definition) is 1. The van der Waals surface area contributed by atoms with Crippen LogP contribution in [0.5, 0.6) is 5.75 Å². The number of carbonyl (C=O) groups excluding carboxylic acids is 2. The number of nitrogens with one attached hydrogen (secondary N) is 1. The van der Waals surface area contributed by atoms with Crippen LogP contribution in [-0.4, -0.2) is 34.2 Å². The van der Waals surface area contributed by atoms with E-state index in [4.69, 9.17) is 4.74 Å². The molecular formula is C26H21BrF3N3O3S. The predicted molar refractivity (Wildman–Crippen MR) is 141 cm³/mol. The summed E-state index contributed by atoms with van der Waals surface area (Å²) in [5.74, 6) is -0.122. The highest BCUT2D eigenvalue weighted by molar-refractivity contribution is 9.10. The van der Waals surface area contributed by atoms with Gasteiger partial charge < -0.3 is 10.1 Å². The van der Waals surface area contributed by atoms with Crippen molar-refractivity contribution in [3.8, 4) is 5.75 Å². The van der Waals surface area contributed by atoms with Gasteiger partial charge in [-0.05, 0) is 60.2 Å². The molecule has 1 N–H and O–H groups in total. The third-order valence-corrected chi connectivity index (χ3v) is 7.16. The highest BCUT2D eigenvalue weighted by Crippen LogP contribution is 2.34. The van der Waals surface area contributed by atoms with E-state index < -0.39 is 22.9 Å². The van der Waals surface area contributed by atoms with Crippen molar-refractivity contribution in [3.05, 3.63) is 88.4 Å². The van der Waals surface area contributed by atoms with Gasteiger partial charge in [0.05, 0.1) is 24.9 Å². The van der Waals surface area contributed by atoms with Gasteiger partial charge in [-0.2, -0.15) is 13.2 Å². The van der Waals surface area contributed by atoms with Gasteiger partial charge in [0, 0.05) is 16.6 Å². The number of hydrogen-bond acceptors (Lipinski definition) is 5. The first-order valence-electron chi connectivity index (χ1n) is 11.0. The van der Waals surface area contributed by atoms with E-state index in [1.54, 1.807) is 55.6 Å². The molecule has 1 heterocycles. The zero-order valence-corrected chi connectivity index (χ0v) is 21.9. The van der Waals surface area contributed by atoms with Gasteiger partial charge >= 0.3 is 6.18 Å². The number of halogens is 4. The molecule has 0 aliphatic carbocycles. The van der Waals surface area contributed by atoms with Crippen LogP contribution >= 0.6 is 27.7 Å². The standard InChI is InChI=1S/C26H21BrF3N3O3S/c1-36-21-11-5-16(6-12-21)15-33-23(34)14-22(24(35)31-19-9-7-18(27)8-10-19)37-25(33)32-20-4-2-3-17(13-20)26(28,29)30/h2-13,22H,14-15H2,1H3,(H,31,35). The predicted octanol–water partition coefficient (Wildman–Crippen LogP) is 6.64. The fraction of sp³-hybridized carbons (Fsp3) is 0.192. The highest BCUT2D eigenvalue weighted by Gasteiger charge is 2.36. The minimum Gasteiger partial charge on any atom is -0.497 e. The SMILES string of the molecule is COc1ccc(CN2C(=O)CC(C(=O)Nc3ccc(Br)cc3)SC2=Nc2cccc(C(F)(F)F)c2)cc1. The molecule has 6 nitrogen and oxygen atoms in total. The summed E-state index contributed by atoms with van der Waals surface area (Å²) in [7, 11) is 1.54. The molecule has 0 spiro atoms. The first-order valence-corrected chi connectivity index (χ1v) is 12.7. The normalized spacial score (nSPS) is 17.1. The maximum absolute atomic E-state index is 13.3. The van der Waals surface area contributed by atoms with Crippen LogP contribution in [0.4, 0.5) is 24.5 Å². The first-order chi connectivity index (χ1) is 17.6. The van der Waals surface area contributed by atoms with E-state index in [1.807, 2.05) is 0 Å². The van der Waals surface area contributed by atoms with Crippen LogP contribution in [0.1, 0.15) is 17.5 Å². The molecule has 1 saturated heterocycles. The van der Waals surface area contributed by atoms with Crippen molar-refractivity contribution in [2.24, 2.45) is 4.99 Å². The number of ether oxygens (including phenoxy) is 1. The van der Waals surface area contributed by atoms with Crippen LogP contribution < -0.4 is 10.1 Å². The third kappa shape index (κ3) is 6.92. The number of thioether (sulfide) groups is 1. The lowest BCUT2D eigenvalue weighted by molar-refractivity contribution is -0.137. The summed E-state index contributed by atoms with van der Waals surface area (Å²) >= 11 is 4.37. The number of carbonyl (C=O) groups is 2. The van der Waals surface area contributed by atoms with Gasteiger partial charge in [0.2, 0.25) is 11.8 Å². The van der Waals surface area contributed by atoms with E-state index in [-0.39, 0.29) is 29.7 Å². The van der Waals surface area contributed by atoms with Crippen LogP contribution in [0.15, 0.2) is 82.3 Å². The van der Waals surface area contributed by atoms with Crippen LogP contribution in [0.25, 0.3) is 0 Å². The molecule has 3 aromatic carbocycles. The van der Waals surface area contributed by atoms with Crippen molar-refractivity contribution >= 4 is 56.0 Å². The smallest absolute Gasteiger partial charge is 0.416 e. The van der Waals surface area contributed by atoms with E-state index in [2.05, 4.69) is 26.2 Å². The summed E-state index contributed by atoms with van der Waals surface area (Å²) in [5, 5.41) is 2.11. The maximum Gasteiger partial charge on any atom is 0.416 e. The number of benzene rings is 3. The van der Waals surface area contributed by atoms with Crippen molar-refractivity contribution in [2.45, 2.75) is 24.4 Å². The molecule has 0 aromatic heterocycles. The van der Waals surface area contributed by atoms with Gasteiger partial charge in [0.15, 0.2) is 5.17 Å². The monoisotopic (exact) mass is 591 g/mol. The van der Waals surface area contributed by atoms with E-state index in [1.165, 1.54) is 17.0 Å². The Morgan fingerprint density at radius 2 is 1.84 bits per heavy atom. The molecule has 1 atom stereocenters. The molecule has 4 rings (SSSR count). The maximum atomic E-state index is 13.3.